The van der Waals surface area contributed by atoms with Crippen molar-refractivity contribution < 1.29 is 31.1 Å². The predicted octanol–water partition coefficient (Wildman–Crippen LogP) is 2.91. The molecule has 2 aromatic rings. The van der Waals surface area contributed by atoms with E-state index in [0.717, 1.165) is 37.8 Å². The van der Waals surface area contributed by atoms with E-state index in [0.29, 0.717) is 37.4 Å². The van der Waals surface area contributed by atoms with Crippen molar-refractivity contribution in [3.05, 3.63) is 41.9 Å². The molecule has 2 aliphatic heterocycles. The second kappa shape index (κ2) is 8.65. The summed E-state index contributed by atoms with van der Waals surface area (Å²) in [5.74, 6) is 0.532. The predicted molar refractivity (Wildman–Crippen MR) is 115 cm³/mol. The third-order valence-electron chi connectivity index (χ3n) is 6.59. The van der Waals surface area contributed by atoms with Gasteiger partial charge in [0.1, 0.15) is 11.9 Å². The normalized spacial score (nSPS) is 24.1. The van der Waals surface area contributed by atoms with E-state index in [4.69, 9.17) is 9.47 Å². The maximum Gasteiger partial charge on any atom is 0.420 e. The molecule has 1 saturated carbocycles. The van der Waals surface area contributed by atoms with Crippen molar-refractivity contribution in [3.63, 3.8) is 0 Å². The zero-order chi connectivity index (χ0) is 24.1. The third-order valence-corrected chi connectivity index (χ3v) is 8.45. The molecule has 0 bridgehead atoms. The number of hydrogen-bond donors (Lipinski definition) is 0. The molecule has 5 rings (SSSR count). The van der Waals surface area contributed by atoms with E-state index in [1.54, 1.807) is 12.4 Å². The molecule has 1 aromatic heterocycles. The fourth-order valence-electron chi connectivity index (χ4n) is 4.64. The van der Waals surface area contributed by atoms with Gasteiger partial charge in [0, 0.05) is 44.6 Å². The third kappa shape index (κ3) is 4.58. The summed E-state index contributed by atoms with van der Waals surface area (Å²) in [7, 11) is -2.99. The van der Waals surface area contributed by atoms with Crippen LogP contribution in [-0.4, -0.2) is 73.0 Å². The summed E-state index contributed by atoms with van der Waals surface area (Å²) in [6.07, 6.45) is 1.35. The molecule has 2 saturated heterocycles. The number of nitrogens with zero attached hydrogens (tertiary/aromatic N) is 4. The van der Waals surface area contributed by atoms with Crippen molar-refractivity contribution in [2.45, 2.75) is 48.4 Å². The van der Waals surface area contributed by atoms with Crippen molar-refractivity contribution in [2.24, 2.45) is 0 Å². The summed E-state index contributed by atoms with van der Waals surface area (Å²) in [5.41, 5.74) is -0.137. The largest absolute Gasteiger partial charge is 0.496 e. The highest BCUT2D eigenvalue weighted by Crippen LogP contribution is 2.39. The summed E-state index contributed by atoms with van der Waals surface area (Å²) < 4.78 is 78.5. The van der Waals surface area contributed by atoms with E-state index in [1.165, 1.54) is 4.31 Å². The average molecular weight is 499 g/mol. The molecular weight excluding hydrogens is 473 g/mol. The first kappa shape index (κ1) is 23.3. The number of alkyl halides is 3. The van der Waals surface area contributed by atoms with Gasteiger partial charge in [-0.05, 0) is 31.0 Å². The first-order valence-electron chi connectivity index (χ1n) is 11.1. The van der Waals surface area contributed by atoms with Crippen LogP contribution >= 0.6 is 0 Å². The Morgan fingerprint density at radius 3 is 2.53 bits per heavy atom. The Hall–Kier alpha value is -2.44. The van der Waals surface area contributed by atoms with Crippen molar-refractivity contribution in [1.82, 2.24) is 19.2 Å². The average Bonchev–Trinajstić information content (AvgIpc) is 3.58. The van der Waals surface area contributed by atoms with Crippen LogP contribution in [0.4, 0.5) is 13.2 Å². The molecule has 8 nitrogen and oxygen atoms in total. The van der Waals surface area contributed by atoms with Gasteiger partial charge in [0.05, 0.1) is 35.7 Å². The van der Waals surface area contributed by atoms with Crippen LogP contribution in [-0.2, 0) is 16.2 Å². The molecule has 3 aliphatic rings. The highest BCUT2D eigenvalue weighted by Gasteiger charge is 2.42. The SMILES string of the molecule is COc1ccc(S(=O)(=O)N2CCN3C[C@@H](Oc4cnc(C5CC5)cn4)C[C@H]3C2)cc1C(F)(F)F. The molecule has 0 unspecified atom stereocenters. The van der Waals surface area contributed by atoms with Gasteiger partial charge >= 0.3 is 6.18 Å². The number of benzene rings is 1. The van der Waals surface area contributed by atoms with Crippen LogP contribution in [0.5, 0.6) is 11.6 Å². The molecule has 1 aromatic carbocycles. The number of methoxy groups -OCH3 is 1. The highest BCUT2D eigenvalue weighted by atomic mass is 32.2. The van der Waals surface area contributed by atoms with Crippen molar-refractivity contribution >= 4 is 10.0 Å². The molecule has 12 heteroatoms. The molecule has 0 radical (unpaired) electrons. The van der Waals surface area contributed by atoms with E-state index in [1.807, 2.05) is 0 Å². The zero-order valence-corrected chi connectivity index (χ0v) is 19.3. The highest BCUT2D eigenvalue weighted by molar-refractivity contribution is 7.89. The molecular formula is C22H25F3N4O4S. The number of halogens is 3. The van der Waals surface area contributed by atoms with Gasteiger partial charge in [-0.1, -0.05) is 0 Å². The standard InChI is InChI=1S/C22H25F3N4O4S/c1-32-20-5-4-17(9-18(20)22(23,24)25)34(30,31)29-7-6-28-13-16(8-15(28)12-29)33-21-11-26-19(10-27-21)14-2-3-14/h4-5,9-11,14-16H,2-3,6-8,12-13H2,1H3/t15-,16-/m0/s1. The number of sulfonamides is 1. The minimum absolute atomic E-state index is 0.0902. The minimum atomic E-state index is -4.73. The van der Waals surface area contributed by atoms with Gasteiger partial charge in [0.25, 0.3) is 0 Å². The minimum Gasteiger partial charge on any atom is -0.496 e. The zero-order valence-electron chi connectivity index (χ0n) is 18.5. The molecule has 2 atom stereocenters. The van der Waals surface area contributed by atoms with Gasteiger partial charge in [-0.25, -0.2) is 13.4 Å². The summed E-state index contributed by atoms with van der Waals surface area (Å²) in [6, 6.07) is 2.75. The van der Waals surface area contributed by atoms with Gasteiger partial charge in [-0.3, -0.25) is 9.88 Å². The monoisotopic (exact) mass is 498 g/mol. The quantitative estimate of drug-likeness (QED) is 0.606. The second-order valence-electron chi connectivity index (χ2n) is 8.90. The van der Waals surface area contributed by atoms with E-state index < -0.39 is 32.4 Å². The Morgan fingerprint density at radius 1 is 1.09 bits per heavy atom. The van der Waals surface area contributed by atoms with E-state index >= 15 is 0 Å². The number of fused-ring (bicyclic) bond motifs is 1. The van der Waals surface area contributed by atoms with Crippen molar-refractivity contribution in [2.75, 3.05) is 33.3 Å². The van der Waals surface area contributed by atoms with Gasteiger partial charge in [-0.15, -0.1) is 0 Å². The summed E-state index contributed by atoms with van der Waals surface area (Å²) in [6.45, 7) is 1.47. The summed E-state index contributed by atoms with van der Waals surface area (Å²) in [4.78, 5) is 10.5. The number of ether oxygens (including phenoxy) is 2. The molecule has 3 fully saturated rings. The van der Waals surface area contributed by atoms with Crippen LogP contribution in [0.2, 0.25) is 0 Å². The lowest BCUT2D eigenvalue weighted by Gasteiger charge is -2.36. The topological polar surface area (TPSA) is 84.9 Å². The van der Waals surface area contributed by atoms with Crippen LogP contribution in [0.1, 0.15) is 36.4 Å². The maximum atomic E-state index is 13.4. The molecule has 0 spiro atoms. The summed E-state index contributed by atoms with van der Waals surface area (Å²) in [5, 5.41) is 0. The summed E-state index contributed by atoms with van der Waals surface area (Å²) >= 11 is 0. The van der Waals surface area contributed by atoms with Crippen molar-refractivity contribution in [3.8, 4) is 11.6 Å². The number of hydrogen-bond acceptors (Lipinski definition) is 7. The fraction of sp³-hybridized carbons (Fsp3) is 0.545. The van der Waals surface area contributed by atoms with E-state index in [9.17, 15) is 21.6 Å². The lowest BCUT2D eigenvalue weighted by atomic mass is 10.2. The second-order valence-corrected chi connectivity index (χ2v) is 10.8. The molecule has 1 aliphatic carbocycles. The molecule has 0 N–H and O–H groups in total. The van der Waals surface area contributed by atoms with Crippen LogP contribution in [0.25, 0.3) is 0 Å². The smallest absolute Gasteiger partial charge is 0.420 e. The van der Waals surface area contributed by atoms with Crippen LogP contribution in [0.15, 0.2) is 35.5 Å². The molecule has 0 amide bonds. The number of rotatable bonds is 6. The van der Waals surface area contributed by atoms with Gasteiger partial charge in [-0.2, -0.15) is 17.5 Å². The van der Waals surface area contributed by atoms with Gasteiger partial charge in [0.2, 0.25) is 15.9 Å². The number of aromatic nitrogens is 2. The van der Waals surface area contributed by atoms with Gasteiger partial charge < -0.3 is 9.47 Å². The Morgan fingerprint density at radius 2 is 1.88 bits per heavy atom. The first-order valence-corrected chi connectivity index (χ1v) is 12.6. The van der Waals surface area contributed by atoms with Gasteiger partial charge in [0.15, 0.2) is 0 Å². The lowest BCUT2D eigenvalue weighted by molar-refractivity contribution is -0.138. The van der Waals surface area contributed by atoms with Crippen LogP contribution in [0.3, 0.4) is 0 Å². The molecule has 3 heterocycles. The Balaban J connectivity index is 1.26. The fourth-order valence-corrected chi connectivity index (χ4v) is 6.13. The van der Waals surface area contributed by atoms with Crippen molar-refractivity contribution in [1.29, 1.82) is 0 Å². The molecule has 34 heavy (non-hydrogen) atoms. The van der Waals surface area contributed by atoms with E-state index in [-0.39, 0.29) is 25.2 Å². The van der Waals surface area contributed by atoms with E-state index in [2.05, 4.69) is 14.9 Å². The van der Waals surface area contributed by atoms with Crippen LogP contribution < -0.4 is 9.47 Å². The Bertz CT molecular complexity index is 1160. The number of piperazine rings is 1. The van der Waals surface area contributed by atoms with Crippen LogP contribution in [0, 0.1) is 0 Å². The Labute approximate surface area is 195 Å². The molecule has 184 valence electrons. The lowest BCUT2D eigenvalue weighted by Crippen LogP contribution is -2.51. The first-order chi connectivity index (χ1) is 16.1. The Kier molecular flexibility index (Phi) is 5.93. The maximum absolute atomic E-state index is 13.4.